The Morgan fingerprint density at radius 2 is 1.90 bits per heavy atom. The molecule has 2 rings (SSSR count). The first kappa shape index (κ1) is 15.4. The third-order valence-corrected chi connectivity index (χ3v) is 3.54. The van der Waals surface area contributed by atoms with Crippen molar-refractivity contribution in [2.45, 2.75) is 25.8 Å². The highest BCUT2D eigenvalue weighted by Crippen LogP contribution is 2.31. The van der Waals surface area contributed by atoms with E-state index in [1.54, 1.807) is 19.9 Å². The zero-order valence-electron chi connectivity index (χ0n) is 12.0. The maximum absolute atomic E-state index is 14.4. The molecule has 1 atom stereocenters. The molecule has 1 unspecified atom stereocenters. The van der Waals surface area contributed by atoms with Gasteiger partial charge in [-0.1, -0.05) is 44.2 Å². The molecule has 1 aliphatic heterocycles. The summed E-state index contributed by atoms with van der Waals surface area (Å²) in [7, 11) is 0. The van der Waals surface area contributed by atoms with Crippen molar-refractivity contribution < 1.29 is 18.4 Å². The molecular formula is C15H18F2N2O2. The first-order chi connectivity index (χ1) is 9.83. The number of halogens is 2. The van der Waals surface area contributed by atoms with E-state index < -0.39 is 24.4 Å². The molecule has 0 bridgehead atoms. The molecule has 21 heavy (non-hydrogen) atoms. The summed E-state index contributed by atoms with van der Waals surface area (Å²) in [6.07, 6.45) is 0. The van der Waals surface area contributed by atoms with Crippen molar-refractivity contribution >= 4 is 11.8 Å². The predicted molar refractivity (Wildman–Crippen MR) is 73.7 cm³/mol. The number of amides is 2. The summed E-state index contributed by atoms with van der Waals surface area (Å²) in [4.78, 5) is 24.8. The number of carbonyl (C=O) groups excluding carboxylic acids is 2. The van der Waals surface area contributed by atoms with Gasteiger partial charge in [-0.3, -0.25) is 9.59 Å². The average molecular weight is 296 g/mol. The van der Waals surface area contributed by atoms with Gasteiger partial charge < -0.3 is 10.2 Å². The summed E-state index contributed by atoms with van der Waals surface area (Å²) < 4.78 is 28.7. The fourth-order valence-electron chi connectivity index (χ4n) is 2.50. The largest absolute Gasteiger partial charge is 0.345 e. The summed E-state index contributed by atoms with van der Waals surface area (Å²) in [5.41, 5.74) is -0.161. The van der Waals surface area contributed by atoms with Crippen LogP contribution in [0.2, 0.25) is 0 Å². The van der Waals surface area contributed by atoms with Crippen LogP contribution in [0, 0.1) is 5.92 Å². The van der Waals surface area contributed by atoms with E-state index in [1.807, 2.05) is 0 Å². The third-order valence-electron chi connectivity index (χ3n) is 3.54. The average Bonchev–Trinajstić information content (AvgIpc) is 2.43. The molecular weight excluding hydrogens is 278 g/mol. The lowest BCUT2D eigenvalue weighted by molar-refractivity contribution is -0.154. The molecule has 1 N–H and O–H groups in total. The van der Waals surface area contributed by atoms with Crippen LogP contribution in [0.4, 0.5) is 8.78 Å². The van der Waals surface area contributed by atoms with Crippen LogP contribution in [-0.2, 0) is 15.5 Å². The van der Waals surface area contributed by atoms with E-state index >= 15 is 0 Å². The molecule has 1 aromatic rings. The summed E-state index contributed by atoms with van der Waals surface area (Å²) in [5, 5.41) is 2.44. The summed E-state index contributed by atoms with van der Waals surface area (Å²) in [6.45, 7) is 2.45. The Morgan fingerprint density at radius 1 is 1.29 bits per heavy atom. The van der Waals surface area contributed by atoms with E-state index in [4.69, 9.17) is 0 Å². The SMILES string of the molecule is CC(C)C1C(=O)NCC(=O)N1CC(F)(F)c1ccccc1. The maximum Gasteiger partial charge on any atom is 0.290 e. The standard InChI is InChI=1S/C15H18F2N2O2/c1-10(2)13-14(21)18-8-12(20)19(13)9-15(16,17)11-6-4-3-5-7-11/h3-7,10,13H,8-9H2,1-2H3,(H,18,21). The van der Waals surface area contributed by atoms with Crippen molar-refractivity contribution in [3.8, 4) is 0 Å². The van der Waals surface area contributed by atoms with Crippen LogP contribution in [0.3, 0.4) is 0 Å². The van der Waals surface area contributed by atoms with Crippen molar-refractivity contribution in [2.24, 2.45) is 5.92 Å². The van der Waals surface area contributed by atoms with Crippen molar-refractivity contribution in [3.63, 3.8) is 0 Å². The van der Waals surface area contributed by atoms with E-state index in [9.17, 15) is 18.4 Å². The second-order valence-corrected chi connectivity index (χ2v) is 5.50. The van der Waals surface area contributed by atoms with Gasteiger partial charge in [-0.25, -0.2) is 0 Å². The van der Waals surface area contributed by atoms with Crippen LogP contribution in [0.15, 0.2) is 30.3 Å². The van der Waals surface area contributed by atoms with Crippen LogP contribution in [0.5, 0.6) is 0 Å². The lowest BCUT2D eigenvalue weighted by Gasteiger charge is -2.38. The second-order valence-electron chi connectivity index (χ2n) is 5.50. The van der Waals surface area contributed by atoms with Crippen LogP contribution in [0.25, 0.3) is 0 Å². The van der Waals surface area contributed by atoms with Crippen molar-refractivity contribution in [1.82, 2.24) is 10.2 Å². The third kappa shape index (κ3) is 3.20. The number of alkyl halides is 2. The van der Waals surface area contributed by atoms with Gasteiger partial charge in [0.15, 0.2) is 0 Å². The molecule has 6 heteroatoms. The Bertz CT molecular complexity index is 532. The smallest absolute Gasteiger partial charge is 0.290 e. The van der Waals surface area contributed by atoms with Gasteiger partial charge >= 0.3 is 0 Å². The Morgan fingerprint density at radius 3 is 2.48 bits per heavy atom. The zero-order valence-corrected chi connectivity index (χ0v) is 12.0. The summed E-state index contributed by atoms with van der Waals surface area (Å²) >= 11 is 0. The highest BCUT2D eigenvalue weighted by Gasteiger charge is 2.43. The van der Waals surface area contributed by atoms with E-state index in [1.165, 1.54) is 24.3 Å². The normalized spacial score (nSPS) is 19.9. The molecule has 1 heterocycles. The molecule has 114 valence electrons. The molecule has 0 aromatic heterocycles. The van der Waals surface area contributed by atoms with Crippen LogP contribution in [-0.4, -0.2) is 35.8 Å². The molecule has 0 spiro atoms. The van der Waals surface area contributed by atoms with E-state index in [2.05, 4.69) is 5.32 Å². The molecule has 4 nitrogen and oxygen atoms in total. The molecule has 0 aliphatic carbocycles. The molecule has 2 amide bonds. The number of hydrogen-bond acceptors (Lipinski definition) is 2. The van der Waals surface area contributed by atoms with E-state index in [0.717, 1.165) is 4.90 Å². The number of nitrogens with one attached hydrogen (secondary N) is 1. The number of hydrogen-bond donors (Lipinski definition) is 1. The highest BCUT2D eigenvalue weighted by atomic mass is 19.3. The second kappa shape index (κ2) is 5.79. The Balaban J connectivity index is 2.26. The van der Waals surface area contributed by atoms with E-state index in [0.29, 0.717) is 0 Å². The lowest BCUT2D eigenvalue weighted by atomic mass is 9.98. The molecule has 0 saturated carbocycles. The van der Waals surface area contributed by atoms with Crippen molar-refractivity contribution in [1.29, 1.82) is 0 Å². The molecule has 1 aliphatic rings. The molecule has 1 aromatic carbocycles. The summed E-state index contributed by atoms with van der Waals surface area (Å²) in [6, 6.07) is 6.47. The minimum absolute atomic E-state index is 0.161. The van der Waals surface area contributed by atoms with Crippen LogP contribution >= 0.6 is 0 Å². The van der Waals surface area contributed by atoms with Gasteiger partial charge in [0, 0.05) is 5.56 Å². The minimum Gasteiger partial charge on any atom is -0.345 e. The Hall–Kier alpha value is -1.98. The maximum atomic E-state index is 14.4. The van der Waals surface area contributed by atoms with Gasteiger partial charge in [0.1, 0.15) is 6.04 Å². The van der Waals surface area contributed by atoms with Crippen LogP contribution < -0.4 is 5.32 Å². The van der Waals surface area contributed by atoms with Crippen molar-refractivity contribution in [2.75, 3.05) is 13.1 Å². The molecule has 0 radical (unpaired) electrons. The van der Waals surface area contributed by atoms with Gasteiger partial charge in [-0.2, -0.15) is 8.78 Å². The summed E-state index contributed by atoms with van der Waals surface area (Å²) in [5.74, 6) is -4.29. The zero-order chi connectivity index (χ0) is 15.6. The Labute approximate surface area is 122 Å². The van der Waals surface area contributed by atoms with Gasteiger partial charge in [0.25, 0.3) is 5.92 Å². The number of rotatable bonds is 4. The number of benzene rings is 1. The fourth-order valence-corrected chi connectivity index (χ4v) is 2.50. The van der Waals surface area contributed by atoms with Gasteiger partial charge in [0.2, 0.25) is 11.8 Å². The minimum atomic E-state index is -3.19. The van der Waals surface area contributed by atoms with E-state index in [-0.39, 0.29) is 23.9 Å². The highest BCUT2D eigenvalue weighted by molar-refractivity contribution is 5.95. The number of carbonyl (C=O) groups is 2. The van der Waals surface area contributed by atoms with Gasteiger partial charge in [0.05, 0.1) is 13.1 Å². The van der Waals surface area contributed by atoms with Gasteiger partial charge in [-0.15, -0.1) is 0 Å². The first-order valence-electron chi connectivity index (χ1n) is 6.83. The van der Waals surface area contributed by atoms with Crippen LogP contribution in [0.1, 0.15) is 19.4 Å². The number of piperazine rings is 1. The quantitative estimate of drug-likeness (QED) is 0.920. The number of nitrogens with zero attached hydrogens (tertiary/aromatic N) is 1. The monoisotopic (exact) mass is 296 g/mol. The van der Waals surface area contributed by atoms with Gasteiger partial charge in [-0.05, 0) is 5.92 Å². The lowest BCUT2D eigenvalue weighted by Crippen LogP contribution is -2.62. The molecule has 1 fully saturated rings. The predicted octanol–water partition coefficient (Wildman–Crippen LogP) is 1.76. The van der Waals surface area contributed by atoms with Crippen molar-refractivity contribution in [3.05, 3.63) is 35.9 Å². The Kier molecular flexibility index (Phi) is 4.25. The fraction of sp³-hybridized carbons (Fsp3) is 0.467. The topological polar surface area (TPSA) is 49.4 Å². The molecule has 1 saturated heterocycles. The first-order valence-corrected chi connectivity index (χ1v) is 6.83.